The van der Waals surface area contributed by atoms with Gasteiger partial charge in [0.1, 0.15) is 6.54 Å². The number of nitrogens with zero attached hydrogens (tertiary/aromatic N) is 1. The molecular formula is C15H19NO3. The third-order valence-electron chi connectivity index (χ3n) is 2.80. The van der Waals surface area contributed by atoms with E-state index in [0.29, 0.717) is 0 Å². The Hall–Kier alpha value is -2.10. The molecule has 0 saturated heterocycles. The van der Waals surface area contributed by atoms with Gasteiger partial charge < -0.3 is 9.64 Å². The first-order valence-corrected chi connectivity index (χ1v) is 6.01. The minimum Gasteiger partial charge on any atom is -0.468 e. The summed E-state index contributed by atoms with van der Waals surface area (Å²) in [6, 6.07) is 6.02. The molecule has 0 spiro atoms. The van der Waals surface area contributed by atoms with E-state index in [2.05, 4.69) is 10.8 Å². The minimum absolute atomic E-state index is 0.0491. The average Bonchev–Trinajstić information content (AvgIpc) is 2.37. The van der Waals surface area contributed by atoms with Crippen molar-refractivity contribution < 1.29 is 14.3 Å². The summed E-state index contributed by atoms with van der Waals surface area (Å²) < 4.78 is 4.51. The number of carbonyl (C=O) groups is 2. The second-order valence-corrected chi connectivity index (χ2v) is 4.46. The van der Waals surface area contributed by atoms with Gasteiger partial charge in [-0.05, 0) is 31.1 Å². The predicted octanol–water partition coefficient (Wildman–Crippen LogP) is 1.95. The van der Waals surface area contributed by atoms with Crippen LogP contribution in [0, 0.1) is 13.8 Å². The van der Waals surface area contributed by atoms with Gasteiger partial charge in [-0.1, -0.05) is 23.8 Å². The number of methoxy groups -OCH3 is 1. The molecule has 0 saturated carbocycles. The Morgan fingerprint density at radius 3 is 2.58 bits per heavy atom. The SMILES string of the molecule is COC(=O)CN(C)C(=O)/C=C/c1ccc(C)cc1C. The van der Waals surface area contributed by atoms with Gasteiger partial charge in [0, 0.05) is 13.1 Å². The summed E-state index contributed by atoms with van der Waals surface area (Å²) >= 11 is 0. The van der Waals surface area contributed by atoms with E-state index >= 15 is 0 Å². The Bertz CT molecular complexity index is 506. The monoisotopic (exact) mass is 261 g/mol. The summed E-state index contributed by atoms with van der Waals surface area (Å²) in [4.78, 5) is 24.1. The molecule has 0 aliphatic rings. The average molecular weight is 261 g/mol. The second kappa shape index (κ2) is 6.73. The molecule has 102 valence electrons. The molecule has 1 amide bonds. The third kappa shape index (κ3) is 4.58. The zero-order valence-corrected chi connectivity index (χ0v) is 11.8. The normalized spacial score (nSPS) is 10.5. The van der Waals surface area contributed by atoms with E-state index in [4.69, 9.17) is 0 Å². The van der Waals surface area contributed by atoms with Crippen molar-refractivity contribution >= 4 is 18.0 Å². The minimum atomic E-state index is -0.434. The number of aryl methyl sites for hydroxylation is 2. The third-order valence-corrected chi connectivity index (χ3v) is 2.80. The van der Waals surface area contributed by atoms with Crippen molar-refractivity contribution in [2.45, 2.75) is 13.8 Å². The van der Waals surface area contributed by atoms with Gasteiger partial charge in [0.15, 0.2) is 0 Å². The lowest BCUT2D eigenvalue weighted by atomic mass is 10.1. The van der Waals surface area contributed by atoms with E-state index in [1.165, 1.54) is 23.6 Å². The highest BCUT2D eigenvalue weighted by Crippen LogP contribution is 2.12. The molecule has 1 aromatic carbocycles. The maximum Gasteiger partial charge on any atom is 0.325 e. The van der Waals surface area contributed by atoms with Gasteiger partial charge in [-0.2, -0.15) is 0 Å². The van der Waals surface area contributed by atoms with Crippen LogP contribution in [0.2, 0.25) is 0 Å². The zero-order chi connectivity index (χ0) is 14.4. The first-order valence-electron chi connectivity index (χ1n) is 6.01. The van der Waals surface area contributed by atoms with Crippen molar-refractivity contribution in [1.29, 1.82) is 0 Å². The number of rotatable bonds is 4. The Kier molecular flexibility index (Phi) is 5.30. The molecule has 0 N–H and O–H groups in total. The Morgan fingerprint density at radius 1 is 1.32 bits per heavy atom. The van der Waals surface area contributed by atoms with Crippen LogP contribution in [0.5, 0.6) is 0 Å². The number of likely N-dealkylation sites (N-methyl/N-ethyl adjacent to an activating group) is 1. The molecule has 19 heavy (non-hydrogen) atoms. The highest BCUT2D eigenvalue weighted by atomic mass is 16.5. The molecule has 0 fully saturated rings. The molecule has 0 unspecified atom stereocenters. The number of hydrogen-bond acceptors (Lipinski definition) is 3. The summed E-state index contributed by atoms with van der Waals surface area (Å²) in [6.07, 6.45) is 3.21. The first kappa shape index (κ1) is 15.0. The van der Waals surface area contributed by atoms with Gasteiger partial charge in [-0.3, -0.25) is 9.59 Å². The maximum atomic E-state index is 11.8. The zero-order valence-electron chi connectivity index (χ0n) is 11.8. The fraction of sp³-hybridized carbons (Fsp3) is 0.333. The summed E-state index contributed by atoms with van der Waals surface area (Å²) in [5, 5.41) is 0. The van der Waals surface area contributed by atoms with Gasteiger partial charge >= 0.3 is 5.97 Å². The molecule has 0 radical (unpaired) electrons. The molecule has 0 heterocycles. The van der Waals surface area contributed by atoms with Crippen LogP contribution in [-0.4, -0.2) is 37.5 Å². The molecular weight excluding hydrogens is 242 g/mol. The number of benzene rings is 1. The fourth-order valence-electron chi connectivity index (χ4n) is 1.64. The lowest BCUT2D eigenvalue weighted by Gasteiger charge is -2.12. The number of ether oxygens (including phenoxy) is 1. The lowest BCUT2D eigenvalue weighted by Crippen LogP contribution is -2.31. The van der Waals surface area contributed by atoms with Gasteiger partial charge in [0.25, 0.3) is 0 Å². The number of amides is 1. The maximum absolute atomic E-state index is 11.8. The van der Waals surface area contributed by atoms with Crippen LogP contribution in [0.25, 0.3) is 6.08 Å². The van der Waals surface area contributed by atoms with Crippen LogP contribution in [0.3, 0.4) is 0 Å². The topological polar surface area (TPSA) is 46.6 Å². The van der Waals surface area contributed by atoms with Gasteiger partial charge in [-0.15, -0.1) is 0 Å². The molecule has 0 atom stereocenters. The van der Waals surface area contributed by atoms with Crippen molar-refractivity contribution in [2.24, 2.45) is 0 Å². The van der Waals surface area contributed by atoms with Crippen molar-refractivity contribution in [2.75, 3.05) is 20.7 Å². The molecule has 4 nitrogen and oxygen atoms in total. The Morgan fingerprint density at radius 2 is 2.00 bits per heavy atom. The molecule has 0 aliphatic carbocycles. The van der Waals surface area contributed by atoms with Crippen LogP contribution in [0.15, 0.2) is 24.3 Å². The van der Waals surface area contributed by atoms with Crippen molar-refractivity contribution in [1.82, 2.24) is 4.90 Å². The van der Waals surface area contributed by atoms with E-state index in [1.54, 1.807) is 13.1 Å². The first-order chi connectivity index (χ1) is 8.93. The Labute approximate surface area is 113 Å². The predicted molar refractivity (Wildman–Crippen MR) is 74.6 cm³/mol. The van der Waals surface area contributed by atoms with Gasteiger partial charge in [-0.25, -0.2) is 0 Å². The van der Waals surface area contributed by atoms with Crippen molar-refractivity contribution in [3.63, 3.8) is 0 Å². The largest absolute Gasteiger partial charge is 0.468 e. The highest BCUT2D eigenvalue weighted by Gasteiger charge is 2.10. The summed E-state index contributed by atoms with van der Waals surface area (Å²) in [7, 11) is 2.86. The Balaban J connectivity index is 2.70. The summed E-state index contributed by atoms with van der Waals surface area (Å²) in [6.45, 7) is 3.97. The smallest absolute Gasteiger partial charge is 0.325 e. The van der Waals surface area contributed by atoms with Gasteiger partial charge in [0.05, 0.1) is 7.11 Å². The highest BCUT2D eigenvalue weighted by molar-refractivity contribution is 5.93. The molecule has 1 rings (SSSR count). The van der Waals surface area contributed by atoms with Crippen LogP contribution in [-0.2, 0) is 14.3 Å². The quantitative estimate of drug-likeness (QED) is 0.614. The fourth-order valence-corrected chi connectivity index (χ4v) is 1.64. The molecule has 0 aromatic heterocycles. The molecule has 0 aliphatic heterocycles. The molecule has 4 heteroatoms. The second-order valence-electron chi connectivity index (χ2n) is 4.46. The standard InChI is InChI=1S/C15H19NO3/c1-11-5-6-13(12(2)9-11)7-8-14(17)16(3)10-15(18)19-4/h5-9H,10H2,1-4H3/b8-7+. The van der Waals surface area contributed by atoms with Crippen LogP contribution in [0.1, 0.15) is 16.7 Å². The van der Waals surface area contributed by atoms with Crippen LogP contribution >= 0.6 is 0 Å². The van der Waals surface area contributed by atoms with E-state index in [0.717, 1.165) is 11.1 Å². The van der Waals surface area contributed by atoms with Crippen molar-refractivity contribution in [3.8, 4) is 0 Å². The van der Waals surface area contributed by atoms with Crippen LogP contribution < -0.4 is 0 Å². The summed E-state index contributed by atoms with van der Waals surface area (Å²) in [5.41, 5.74) is 3.29. The molecule has 0 bridgehead atoms. The number of carbonyl (C=O) groups excluding carboxylic acids is 2. The lowest BCUT2D eigenvalue weighted by molar-refractivity contribution is -0.144. The van der Waals surface area contributed by atoms with Gasteiger partial charge in [0.2, 0.25) is 5.91 Å². The number of hydrogen-bond donors (Lipinski definition) is 0. The molecule has 1 aromatic rings. The van der Waals surface area contributed by atoms with E-state index < -0.39 is 5.97 Å². The summed E-state index contributed by atoms with van der Waals surface area (Å²) in [5.74, 6) is -0.666. The van der Waals surface area contributed by atoms with E-state index in [9.17, 15) is 9.59 Å². The van der Waals surface area contributed by atoms with E-state index in [1.807, 2.05) is 26.0 Å². The van der Waals surface area contributed by atoms with Crippen LogP contribution in [0.4, 0.5) is 0 Å². The van der Waals surface area contributed by atoms with E-state index in [-0.39, 0.29) is 12.5 Å². The number of esters is 1. The van der Waals surface area contributed by atoms with Crippen molar-refractivity contribution in [3.05, 3.63) is 41.0 Å².